The first kappa shape index (κ1) is 29.4. The molecule has 0 fully saturated rings. The van der Waals surface area contributed by atoms with Gasteiger partial charge in [0.25, 0.3) is 5.91 Å². The number of anilines is 1. The van der Waals surface area contributed by atoms with Gasteiger partial charge in [0.15, 0.2) is 0 Å². The summed E-state index contributed by atoms with van der Waals surface area (Å²) in [6, 6.07) is 10.00. The van der Waals surface area contributed by atoms with Crippen molar-refractivity contribution in [3.8, 4) is 5.75 Å². The fourth-order valence-electron chi connectivity index (χ4n) is 4.26. The van der Waals surface area contributed by atoms with Gasteiger partial charge in [-0.25, -0.2) is 13.1 Å². The van der Waals surface area contributed by atoms with Gasteiger partial charge in [-0.3, -0.25) is 9.59 Å². The van der Waals surface area contributed by atoms with E-state index in [1.54, 1.807) is 19.1 Å². The number of hydrogen-bond donors (Lipinski definition) is 2. The Morgan fingerprint density at radius 2 is 2.00 bits per heavy atom. The number of nitrogens with one attached hydrogen (secondary N) is 1. The Morgan fingerprint density at radius 3 is 2.65 bits per heavy atom. The molecule has 0 radical (unpaired) electrons. The monoisotopic (exact) mass is 591 g/mol. The summed E-state index contributed by atoms with van der Waals surface area (Å²) < 4.78 is 35.2. The summed E-state index contributed by atoms with van der Waals surface area (Å²) in [5.41, 5.74) is 0.513. The summed E-state index contributed by atoms with van der Waals surface area (Å²) in [7, 11) is -2.39. The number of sulfonamides is 1. The Bertz CT molecular complexity index is 1450. The number of likely N-dealkylation sites (N-methyl/N-ethyl adjacent to an activating group) is 1. The van der Waals surface area contributed by atoms with Gasteiger partial charge in [0.1, 0.15) is 24.7 Å². The summed E-state index contributed by atoms with van der Waals surface area (Å²) in [6.07, 6.45) is 0.657. The SMILES string of the molecule is C[C@@H]1CN([C@H](C)CO)C(=O)c2cc(NC(=O)Cn3cnnn3)ccc2O[C@H]1CN(C)S(=O)(=O)c1ccc(Cl)cc1. The number of carbonyl (C=O) groups is 2. The van der Waals surface area contributed by atoms with Crippen molar-refractivity contribution in [2.75, 3.05) is 32.1 Å². The number of nitrogens with zero attached hydrogens (tertiary/aromatic N) is 6. The highest BCUT2D eigenvalue weighted by Gasteiger charge is 2.35. The molecule has 2 aromatic carbocycles. The van der Waals surface area contributed by atoms with Crippen LogP contribution in [0.5, 0.6) is 5.75 Å². The number of halogens is 1. The van der Waals surface area contributed by atoms with Crippen LogP contribution in [0, 0.1) is 5.92 Å². The lowest BCUT2D eigenvalue weighted by Gasteiger charge is -2.38. The third kappa shape index (κ3) is 6.58. The molecule has 1 aromatic heterocycles. The molecular formula is C25H30ClN7O6S. The maximum Gasteiger partial charge on any atom is 0.258 e. The number of aromatic nitrogens is 4. The average molecular weight is 592 g/mol. The van der Waals surface area contributed by atoms with Gasteiger partial charge in [0, 0.05) is 30.2 Å². The molecule has 3 aromatic rings. The third-order valence-corrected chi connectivity index (χ3v) is 8.69. The van der Waals surface area contributed by atoms with Crippen molar-refractivity contribution in [2.24, 2.45) is 5.92 Å². The van der Waals surface area contributed by atoms with Crippen LogP contribution >= 0.6 is 11.6 Å². The lowest BCUT2D eigenvalue weighted by atomic mass is 9.99. The molecule has 0 spiro atoms. The van der Waals surface area contributed by atoms with Crippen molar-refractivity contribution >= 4 is 39.1 Å². The van der Waals surface area contributed by atoms with Gasteiger partial charge in [-0.05, 0) is 59.8 Å². The van der Waals surface area contributed by atoms with Gasteiger partial charge in [0.05, 0.1) is 29.7 Å². The fraction of sp³-hybridized carbons (Fsp3) is 0.400. The van der Waals surface area contributed by atoms with Crippen LogP contribution in [0.4, 0.5) is 5.69 Å². The molecule has 2 amide bonds. The first-order chi connectivity index (χ1) is 19.0. The second-order valence-electron chi connectivity index (χ2n) is 9.63. The van der Waals surface area contributed by atoms with Gasteiger partial charge in [-0.2, -0.15) is 4.31 Å². The zero-order valence-electron chi connectivity index (χ0n) is 22.1. The molecule has 0 aliphatic carbocycles. The number of aliphatic hydroxyl groups is 1. The van der Waals surface area contributed by atoms with E-state index in [0.29, 0.717) is 10.7 Å². The van der Waals surface area contributed by atoms with E-state index >= 15 is 0 Å². The molecule has 40 heavy (non-hydrogen) atoms. The topological polar surface area (TPSA) is 160 Å². The molecule has 3 atom stereocenters. The lowest BCUT2D eigenvalue weighted by molar-refractivity contribution is -0.116. The zero-order chi connectivity index (χ0) is 29.0. The number of tetrazole rings is 1. The van der Waals surface area contributed by atoms with Crippen LogP contribution in [0.2, 0.25) is 5.02 Å². The first-order valence-electron chi connectivity index (χ1n) is 12.4. The summed E-state index contributed by atoms with van der Waals surface area (Å²) in [6.45, 7) is 3.37. The maximum atomic E-state index is 13.6. The van der Waals surface area contributed by atoms with E-state index in [1.165, 1.54) is 57.6 Å². The largest absolute Gasteiger partial charge is 0.488 e. The summed E-state index contributed by atoms with van der Waals surface area (Å²) in [5.74, 6) is -0.870. The lowest BCUT2D eigenvalue weighted by Crippen LogP contribution is -2.50. The van der Waals surface area contributed by atoms with E-state index in [-0.39, 0.29) is 54.3 Å². The molecule has 4 rings (SSSR count). The van der Waals surface area contributed by atoms with Gasteiger partial charge in [-0.15, -0.1) is 5.10 Å². The van der Waals surface area contributed by atoms with E-state index < -0.39 is 28.1 Å². The average Bonchev–Trinajstić information content (AvgIpc) is 3.43. The number of ether oxygens (including phenoxy) is 1. The van der Waals surface area contributed by atoms with E-state index in [2.05, 4.69) is 20.8 Å². The minimum absolute atomic E-state index is 0.00840. The smallest absolute Gasteiger partial charge is 0.258 e. The van der Waals surface area contributed by atoms with E-state index in [4.69, 9.17) is 16.3 Å². The normalized spacial score (nSPS) is 18.4. The fourth-order valence-corrected chi connectivity index (χ4v) is 5.57. The van der Waals surface area contributed by atoms with Crippen molar-refractivity contribution in [3.63, 3.8) is 0 Å². The molecule has 2 heterocycles. The van der Waals surface area contributed by atoms with Crippen molar-refractivity contribution in [3.05, 3.63) is 59.4 Å². The molecule has 0 saturated heterocycles. The molecule has 15 heteroatoms. The predicted octanol–water partition coefficient (Wildman–Crippen LogP) is 1.51. The Morgan fingerprint density at radius 1 is 1.27 bits per heavy atom. The van der Waals surface area contributed by atoms with Gasteiger partial charge in [-0.1, -0.05) is 18.5 Å². The second kappa shape index (κ2) is 12.3. The quantitative estimate of drug-likeness (QED) is 0.376. The van der Waals surface area contributed by atoms with Crippen LogP contribution in [0.25, 0.3) is 0 Å². The van der Waals surface area contributed by atoms with Crippen LogP contribution in [0.1, 0.15) is 24.2 Å². The van der Waals surface area contributed by atoms with Crippen LogP contribution in [0.15, 0.2) is 53.7 Å². The maximum absolute atomic E-state index is 13.6. The number of amides is 2. The van der Waals surface area contributed by atoms with E-state index in [0.717, 1.165) is 0 Å². The molecule has 1 aliphatic rings. The first-order valence-corrected chi connectivity index (χ1v) is 14.3. The molecule has 2 N–H and O–H groups in total. The standard InChI is InChI=1S/C25H30ClN7O6S/c1-16-11-33(17(2)14-34)25(36)21-10-19(28-24(35)13-32-15-27-29-30-32)6-9-22(21)39-23(16)12-31(3)40(37,38)20-7-4-18(26)5-8-20/h4-10,15-17,23,34H,11-14H2,1-3H3,(H,28,35)/t16-,17-,23+/m1/s1. The summed E-state index contributed by atoms with van der Waals surface area (Å²) in [4.78, 5) is 27.7. The molecule has 0 bridgehead atoms. The third-order valence-electron chi connectivity index (χ3n) is 6.60. The Hall–Kier alpha value is -3.59. The van der Waals surface area contributed by atoms with E-state index in [1.807, 2.05) is 6.92 Å². The van der Waals surface area contributed by atoms with Crippen LogP contribution in [0.3, 0.4) is 0 Å². The minimum Gasteiger partial charge on any atom is -0.488 e. The number of hydrogen-bond acceptors (Lipinski definition) is 9. The highest BCUT2D eigenvalue weighted by molar-refractivity contribution is 7.89. The molecule has 214 valence electrons. The van der Waals surface area contributed by atoms with Crippen molar-refractivity contribution in [1.29, 1.82) is 0 Å². The number of carbonyl (C=O) groups excluding carboxylic acids is 2. The number of benzene rings is 2. The number of fused-ring (bicyclic) bond motifs is 1. The Labute approximate surface area is 236 Å². The highest BCUT2D eigenvalue weighted by atomic mass is 35.5. The molecule has 1 aliphatic heterocycles. The Balaban J connectivity index is 1.62. The van der Waals surface area contributed by atoms with Gasteiger partial charge in [0.2, 0.25) is 15.9 Å². The van der Waals surface area contributed by atoms with E-state index in [9.17, 15) is 23.1 Å². The van der Waals surface area contributed by atoms with Crippen LogP contribution < -0.4 is 10.1 Å². The summed E-state index contributed by atoms with van der Waals surface area (Å²) >= 11 is 5.92. The highest BCUT2D eigenvalue weighted by Crippen LogP contribution is 2.31. The van der Waals surface area contributed by atoms with Crippen molar-refractivity contribution in [2.45, 2.75) is 37.4 Å². The van der Waals surface area contributed by atoms with Crippen LogP contribution in [-0.4, -0.2) is 93.6 Å². The molecule has 0 saturated carbocycles. The predicted molar refractivity (Wildman–Crippen MR) is 145 cm³/mol. The number of rotatable bonds is 9. The van der Waals surface area contributed by atoms with Gasteiger partial charge < -0.3 is 20.1 Å². The van der Waals surface area contributed by atoms with Crippen molar-refractivity contribution in [1.82, 2.24) is 29.4 Å². The van der Waals surface area contributed by atoms with Gasteiger partial charge >= 0.3 is 0 Å². The minimum atomic E-state index is -3.85. The second-order valence-corrected chi connectivity index (χ2v) is 12.1. The zero-order valence-corrected chi connectivity index (χ0v) is 23.7. The molecule has 0 unspecified atom stereocenters. The van der Waals surface area contributed by atoms with Crippen molar-refractivity contribution < 1.29 is 27.9 Å². The number of aliphatic hydroxyl groups excluding tert-OH is 1. The summed E-state index contributed by atoms with van der Waals surface area (Å²) in [5, 5.41) is 23.6. The molecular weight excluding hydrogens is 562 g/mol. The van der Waals surface area contributed by atoms with Crippen LogP contribution in [-0.2, 0) is 21.4 Å². The Kier molecular flexibility index (Phi) is 9.03. The molecule has 13 nitrogen and oxygen atoms in total.